The van der Waals surface area contributed by atoms with Gasteiger partial charge in [-0.15, -0.1) is 0 Å². The molecule has 0 fully saturated rings. The third kappa shape index (κ3) is 6.22. The van der Waals surface area contributed by atoms with Crippen molar-refractivity contribution in [2.75, 3.05) is 13.2 Å². The molecule has 0 saturated heterocycles. The van der Waals surface area contributed by atoms with Gasteiger partial charge in [-0.05, 0) is 25.0 Å². The minimum Gasteiger partial charge on any atom is -0.467 e. The van der Waals surface area contributed by atoms with Crippen molar-refractivity contribution in [1.82, 2.24) is 20.1 Å². The number of ether oxygens (including phenoxy) is 1. The van der Waals surface area contributed by atoms with Gasteiger partial charge in [-0.25, -0.2) is 4.98 Å². The van der Waals surface area contributed by atoms with Crippen LogP contribution in [0, 0.1) is 0 Å². The Bertz CT molecular complexity index is 496. The van der Waals surface area contributed by atoms with E-state index in [-0.39, 0.29) is 5.91 Å². The van der Waals surface area contributed by atoms with Crippen LogP contribution >= 0.6 is 0 Å². The molecule has 7 nitrogen and oxygen atoms in total. The summed E-state index contributed by atoms with van der Waals surface area (Å²) >= 11 is 0. The van der Waals surface area contributed by atoms with Gasteiger partial charge in [-0.2, -0.15) is 5.10 Å². The molecule has 2 heterocycles. The van der Waals surface area contributed by atoms with E-state index >= 15 is 0 Å². The van der Waals surface area contributed by atoms with Gasteiger partial charge in [0.15, 0.2) is 0 Å². The minimum absolute atomic E-state index is 0.0566. The molecular formula is C14H20N4O3. The van der Waals surface area contributed by atoms with Gasteiger partial charge in [0.1, 0.15) is 25.0 Å². The van der Waals surface area contributed by atoms with Gasteiger partial charge in [0.05, 0.1) is 6.26 Å². The first-order valence-electron chi connectivity index (χ1n) is 7.04. The van der Waals surface area contributed by atoms with E-state index in [1.807, 2.05) is 12.1 Å². The fraction of sp³-hybridized carbons (Fsp3) is 0.500. The van der Waals surface area contributed by atoms with Crippen molar-refractivity contribution in [1.29, 1.82) is 0 Å². The second-order valence-corrected chi connectivity index (χ2v) is 4.60. The highest BCUT2D eigenvalue weighted by Crippen LogP contribution is 2.01. The average molecular weight is 292 g/mol. The molecule has 0 aliphatic carbocycles. The molecule has 0 saturated carbocycles. The highest BCUT2D eigenvalue weighted by atomic mass is 16.5. The predicted octanol–water partition coefficient (Wildman–Crippen LogP) is 1.37. The number of carbonyl (C=O) groups is 1. The van der Waals surface area contributed by atoms with Gasteiger partial charge in [0, 0.05) is 26.1 Å². The predicted molar refractivity (Wildman–Crippen MR) is 75.2 cm³/mol. The molecule has 0 spiro atoms. The highest BCUT2D eigenvalue weighted by Gasteiger charge is 2.01. The summed E-state index contributed by atoms with van der Waals surface area (Å²) in [5, 5.41) is 6.85. The lowest BCUT2D eigenvalue weighted by Crippen LogP contribution is -2.25. The van der Waals surface area contributed by atoms with Crippen molar-refractivity contribution in [3.63, 3.8) is 0 Å². The normalized spacial score (nSPS) is 10.7. The number of hydrogen-bond donors (Lipinski definition) is 1. The lowest BCUT2D eigenvalue weighted by atomic mass is 10.3. The Kier molecular flexibility index (Phi) is 6.47. The molecule has 21 heavy (non-hydrogen) atoms. The minimum atomic E-state index is 0.0566. The zero-order chi connectivity index (χ0) is 14.8. The molecule has 2 aromatic rings. The highest BCUT2D eigenvalue weighted by molar-refractivity contribution is 5.75. The summed E-state index contributed by atoms with van der Waals surface area (Å²) in [6.45, 7) is 2.40. The van der Waals surface area contributed by atoms with Crippen molar-refractivity contribution < 1.29 is 13.9 Å². The Hall–Kier alpha value is -2.15. The zero-order valence-corrected chi connectivity index (χ0v) is 11.9. The van der Waals surface area contributed by atoms with Crippen molar-refractivity contribution in [3.8, 4) is 0 Å². The van der Waals surface area contributed by atoms with E-state index in [2.05, 4.69) is 15.4 Å². The van der Waals surface area contributed by atoms with Gasteiger partial charge in [-0.1, -0.05) is 0 Å². The maximum absolute atomic E-state index is 11.6. The number of aryl methyl sites for hydroxylation is 1. The first-order valence-corrected chi connectivity index (χ1v) is 7.04. The largest absolute Gasteiger partial charge is 0.467 e. The number of carbonyl (C=O) groups excluding carboxylic acids is 1. The van der Waals surface area contributed by atoms with Crippen LogP contribution in [0.2, 0.25) is 0 Å². The number of rotatable bonds is 10. The van der Waals surface area contributed by atoms with E-state index in [1.54, 1.807) is 17.3 Å². The molecule has 0 unspecified atom stereocenters. The van der Waals surface area contributed by atoms with Crippen molar-refractivity contribution in [2.24, 2.45) is 0 Å². The lowest BCUT2D eigenvalue weighted by molar-refractivity contribution is -0.121. The number of hydrogen-bond acceptors (Lipinski definition) is 5. The Morgan fingerprint density at radius 1 is 1.43 bits per heavy atom. The molecule has 0 aliphatic rings. The topological polar surface area (TPSA) is 82.2 Å². The maximum atomic E-state index is 11.6. The summed E-state index contributed by atoms with van der Waals surface area (Å²) in [4.78, 5) is 15.4. The van der Waals surface area contributed by atoms with E-state index in [9.17, 15) is 4.79 Å². The Morgan fingerprint density at radius 3 is 3.14 bits per heavy atom. The number of nitrogens with one attached hydrogen (secondary N) is 1. The molecule has 2 aromatic heterocycles. The van der Waals surface area contributed by atoms with Crippen molar-refractivity contribution >= 4 is 5.91 Å². The first kappa shape index (κ1) is 15.2. The van der Waals surface area contributed by atoms with Gasteiger partial charge >= 0.3 is 0 Å². The quantitative estimate of drug-likeness (QED) is 0.669. The molecule has 0 bridgehead atoms. The molecular weight excluding hydrogens is 272 g/mol. The van der Waals surface area contributed by atoms with E-state index in [0.29, 0.717) is 32.7 Å². The van der Waals surface area contributed by atoms with Gasteiger partial charge < -0.3 is 14.5 Å². The summed E-state index contributed by atoms with van der Waals surface area (Å²) in [7, 11) is 0. The van der Waals surface area contributed by atoms with Crippen LogP contribution in [0.3, 0.4) is 0 Å². The van der Waals surface area contributed by atoms with Gasteiger partial charge in [0.2, 0.25) is 5.91 Å². The number of aromatic nitrogens is 3. The fourth-order valence-corrected chi connectivity index (χ4v) is 1.81. The fourth-order valence-electron chi connectivity index (χ4n) is 1.81. The van der Waals surface area contributed by atoms with Crippen LogP contribution < -0.4 is 5.32 Å². The summed E-state index contributed by atoms with van der Waals surface area (Å²) in [6, 6.07) is 3.70. The summed E-state index contributed by atoms with van der Waals surface area (Å²) in [5.74, 6) is 0.869. The van der Waals surface area contributed by atoms with Gasteiger partial charge in [0.25, 0.3) is 0 Å². The molecule has 1 amide bonds. The van der Waals surface area contributed by atoms with Crippen LogP contribution in [0.4, 0.5) is 0 Å². The van der Waals surface area contributed by atoms with E-state index in [4.69, 9.17) is 9.15 Å². The van der Waals surface area contributed by atoms with Crippen molar-refractivity contribution in [3.05, 3.63) is 36.8 Å². The average Bonchev–Trinajstić information content (AvgIpc) is 3.16. The number of furan rings is 1. The Morgan fingerprint density at radius 2 is 2.38 bits per heavy atom. The second-order valence-electron chi connectivity index (χ2n) is 4.60. The molecule has 0 radical (unpaired) electrons. The van der Waals surface area contributed by atoms with Crippen LogP contribution in [0.15, 0.2) is 35.5 Å². The summed E-state index contributed by atoms with van der Waals surface area (Å²) in [5.41, 5.74) is 0. The van der Waals surface area contributed by atoms with Crippen LogP contribution in [-0.2, 0) is 22.7 Å². The monoisotopic (exact) mass is 292 g/mol. The molecule has 0 aliphatic heterocycles. The summed E-state index contributed by atoms with van der Waals surface area (Å²) < 4.78 is 12.3. The van der Waals surface area contributed by atoms with Crippen molar-refractivity contribution in [2.45, 2.75) is 32.4 Å². The molecule has 7 heteroatoms. The Labute approximate surface area is 123 Å². The standard InChI is InChI=1S/C14H20N4O3/c19-14(5-1-7-18-12-15-11-17-18)16-6-3-8-20-10-13-4-2-9-21-13/h2,4,9,11-12H,1,3,5-8,10H2,(H,16,19). The number of amides is 1. The summed E-state index contributed by atoms with van der Waals surface area (Å²) in [6.07, 6.45) is 6.79. The number of nitrogens with zero attached hydrogens (tertiary/aromatic N) is 3. The van der Waals surface area contributed by atoms with Crippen LogP contribution in [-0.4, -0.2) is 33.8 Å². The van der Waals surface area contributed by atoms with E-state index < -0.39 is 0 Å². The van der Waals surface area contributed by atoms with Gasteiger partial charge in [-0.3, -0.25) is 9.48 Å². The zero-order valence-electron chi connectivity index (χ0n) is 11.9. The van der Waals surface area contributed by atoms with Crippen LogP contribution in [0.1, 0.15) is 25.0 Å². The molecule has 0 aromatic carbocycles. The molecule has 2 rings (SSSR count). The van der Waals surface area contributed by atoms with E-state index in [0.717, 1.165) is 18.6 Å². The van der Waals surface area contributed by atoms with E-state index in [1.165, 1.54) is 6.33 Å². The first-order chi connectivity index (χ1) is 10.3. The lowest BCUT2D eigenvalue weighted by Gasteiger charge is -2.05. The third-order valence-electron chi connectivity index (χ3n) is 2.87. The smallest absolute Gasteiger partial charge is 0.220 e. The SMILES string of the molecule is O=C(CCCn1cncn1)NCCCOCc1ccco1. The van der Waals surface area contributed by atoms with Crippen LogP contribution in [0.25, 0.3) is 0 Å². The Balaban J connectivity index is 1.42. The maximum Gasteiger partial charge on any atom is 0.220 e. The second kappa shape index (κ2) is 8.91. The third-order valence-corrected chi connectivity index (χ3v) is 2.87. The van der Waals surface area contributed by atoms with Crippen LogP contribution in [0.5, 0.6) is 0 Å². The molecule has 114 valence electrons. The molecule has 0 atom stereocenters. The molecule has 1 N–H and O–H groups in total.